The second-order valence-corrected chi connectivity index (χ2v) is 8.06. The molecule has 1 aliphatic carbocycles. The van der Waals surface area contributed by atoms with Gasteiger partial charge in [-0.2, -0.15) is 0 Å². The van der Waals surface area contributed by atoms with Gasteiger partial charge in [0.25, 0.3) is 0 Å². The summed E-state index contributed by atoms with van der Waals surface area (Å²) >= 11 is 3.40. The quantitative estimate of drug-likeness (QED) is 0.805. The lowest BCUT2D eigenvalue weighted by Gasteiger charge is -2.27. The van der Waals surface area contributed by atoms with Gasteiger partial charge in [0.15, 0.2) is 0 Å². The average molecular weight is 368 g/mol. The lowest BCUT2D eigenvalue weighted by atomic mass is 10.2. The van der Waals surface area contributed by atoms with Crippen LogP contribution >= 0.6 is 15.9 Å². The van der Waals surface area contributed by atoms with Crippen molar-refractivity contribution in [2.24, 2.45) is 11.8 Å². The van der Waals surface area contributed by atoms with Crippen molar-refractivity contribution in [3.8, 4) is 0 Å². The number of carbonyl (C=O) groups is 1. The van der Waals surface area contributed by atoms with Crippen LogP contribution in [0.15, 0.2) is 22.8 Å². The SMILES string of the molecule is CN(C(=O)OC(C)(C)C)C1[C@H]2CN(c3ccc(Br)cn3)C[C@@H]12. The summed E-state index contributed by atoms with van der Waals surface area (Å²) in [5, 5.41) is 0. The van der Waals surface area contributed by atoms with Gasteiger partial charge in [-0.1, -0.05) is 0 Å². The van der Waals surface area contributed by atoms with Crippen molar-refractivity contribution in [2.45, 2.75) is 32.4 Å². The van der Waals surface area contributed by atoms with Gasteiger partial charge in [0.05, 0.1) is 0 Å². The van der Waals surface area contributed by atoms with Crippen molar-refractivity contribution in [3.05, 3.63) is 22.8 Å². The molecule has 1 amide bonds. The molecule has 1 saturated carbocycles. The Bertz CT molecular complexity index is 558. The van der Waals surface area contributed by atoms with E-state index in [1.807, 2.05) is 46.1 Å². The van der Waals surface area contributed by atoms with Crippen molar-refractivity contribution in [1.29, 1.82) is 0 Å². The minimum atomic E-state index is -0.442. The molecule has 1 saturated heterocycles. The van der Waals surface area contributed by atoms with E-state index in [0.29, 0.717) is 17.9 Å². The number of ether oxygens (including phenoxy) is 1. The van der Waals surface area contributed by atoms with Crippen molar-refractivity contribution in [1.82, 2.24) is 9.88 Å². The van der Waals surface area contributed by atoms with Gasteiger partial charge >= 0.3 is 6.09 Å². The summed E-state index contributed by atoms with van der Waals surface area (Å²) in [6.07, 6.45) is 1.60. The zero-order valence-electron chi connectivity index (χ0n) is 13.4. The van der Waals surface area contributed by atoms with Crippen LogP contribution in [-0.4, -0.2) is 47.8 Å². The largest absolute Gasteiger partial charge is 0.444 e. The molecule has 2 aliphatic rings. The molecule has 1 aromatic heterocycles. The number of carbonyl (C=O) groups excluding carboxylic acids is 1. The molecule has 3 atom stereocenters. The van der Waals surface area contributed by atoms with Crippen LogP contribution in [0.4, 0.5) is 10.6 Å². The average Bonchev–Trinajstić information content (AvgIpc) is 2.90. The van der Waals surface area contributed by atoms with Crippen LogP contribution in [0, 0.1) is 11.8 Å². The summed E-state index contributed by atoms with van der Waals surface area (Å²) in [5.74, 6) is 2.07. The molecule has 0 radical (unpaired) electrons. The topological polar surface area (TPSA) is 45.7 Å². The van der Waals surface area contributed by atoms with Crippen LogP contribution < -0.4 is 4.90 Å². The smallest absolute Gasteiger partial charge is 0.410 e. The molecule has 2 heterocycles. The number of piperidine rings is 1. The van der Waals surface area contributed by atoms with E-state index in [4.69, 9.17) is 4.74 Å². The van der Waals surface area contributed by atoms with Crippen LogP contribution in [0.1, 0.15) is 20.8 Å². The number of pyridine rings is 1. The number of fused-ring (bicyclic) bond motifs is 1. The van der Waals surface area contributed by atoms with Crippen LogP contribution in [0.2, 0.25) is 0 Å². The first kappa shape index (κ1) is 15.6. The van der Waals surface area contributed by atoms with E-state index in [2.05, 4.69) is 25.8 Å². The molecule has 1 aromatic rings. The fourth-order valence-corrected chi connectivity index (χ4v) is 3.50. The van der Waals surface area contributed by atoms with Crippen LogP contribution in [-0.2, 0) is 4.74 Å². The number of halogens is 1. The van der Waals surface area contributed by atoms with Crippen molar-refractivity contribution >= 4 is 27.8 Å². The first-order chi connectivity index (χ1) is 10.3. The summed E-state index contributed by atoms with van der Waals surface area (Å²) in [4.78, 5) is 20.6. The molecule has 3 rings (SSSR count). The third-order valence-corrected chi connectivity index (χ3v) is 4.78. The minimum Gasteiger partial charge on any atom is -0.444 e. The monoisotopic (exact) mass is 367 g/mol. The highest BCUT2D eigenvalue weighted by Crippen LogP contribution is 2.49. The second kappa shape index (κ2) is 5.41. The lowest BCUT2D eigenvalue weighted by molar-refractivity contribution is 0.0268. The number of aromatic nitrogens is 1. The van der Waals surface area contributed by atoms with Gasteiger partial charge in [0.1, 0.15) is 11.4 Å². The Morgan fingerprint density at radius 3 is 2.50 bits per heavy atom. The third-order valence-electron chi connectivity index (χ3n) is 4.31. The Balaban J connectivity index is 1.56. The maximum absolute atomic E-state index is 12.1. The van der Waals surface area contributed by atoms with E-state index in [1.165, 1.54) is 0 Å². The number of hydrogen-bond donors (Lipinski definition) is 0. The van der Waals surface area contributed by atoms with Gasteiger partial charge in [-0.25, -0.2) is 9.78 Å². The molecular weight excluding hydrogens is 346 g/mol. The van der Waals surface area contributed by atoms with Gasteiger partial charge in [-0.15, -0.1) is 0 Å². The summed E-state index contributed by atoms with van der Waals surface area (Å²) in [5.41, 5.74) is -0.442. The van der Waals surface area contributed by atoms with Gasteiger partial charge in [0.2, 0.25) is 0 Å². The molecule has 0 aromatic carbocycles. The second-order valence-electron chi connectivity index (χ2n) is 7.15. The third kappa shape index (κ3) is 3.07. The Labute approximate surface area is 139 Å². The molecule has 1 unspecified atom stereocenters. The fraction of sp³-hybridized carbons (Fsp3) is 0.625. The highest BCUT2D eigenvalue weighted by molar-refractivity contribution is 9.10. The Morgan fingerprint density at radius 2 is 2.00 bits per heavy atom. The first-order valence-electron chi connectivity index (χ1n) is 7.58. The number of nitrogens with zero attached hydrogens (tertiary/aromatic N) is 3. The van der Waals surface area contributed by atoms with Crippen LogP contribution in [0.5, 0.6) is 0 Å². The van der Waals surface area contributed by atoms with Crippen molar-refractivity contribution < 1.29 is 9.53 Å². The van der Waals surface area contributed by atoms with E-state index < -0.39 is 5.60 Å². The summed E-state index contributed by atoms with van der Waals surface area (Å²) in [6, 6.07) is 4.35. The van der Waals surface area contributed by atoms with E-state index >= 15 is 0 Å². The first-order valence-corrected chi connectivity index (χ1v) is 8.38. The predicted molar refractivity (Wildman–Crippen MR) is 88.9 cm³/mol. The Morgan fingerprint density at radius 1 is 1.36 bits per heavy atom. The molecule has 6 heteroatoms. The van der Waals surface area contributed by atoms with E-state index in [0.717, 1.165) is 23.4 Å². The van der Waals surface area contributed by atoms with Gasteiger partial charge in [-0.3, -0.25) is 0 Å². The number of amides is 1. The zero-order valence-corrected chi connectivity index (χ0v) is 15.0. The maximum Gasteiger partial charge on any atom is 0.410 e. The normalized spacial score (nSPS) is 26.6. The summed E-state index contributed by atoms with van der Waals surface area (Å²) in [6.45, 7) is 7.60. The highest BCUT2D eigenvalue weighted by Gasteiger charge is 2.59. The highest BCUT2D eigenvalue weighted by atomic mass is 79.9. The molecule has 22 heavy (non-hydrogen) atoms. The maximum atomic E-state index is 12.1. The van der Waals surface area contributed by atoms with Gasteiger partial charge < -0.3 is 14.5 Å². The van der Waals surface area contributed by atoms with E-state index in [1.54, 1.807) is 4.90 Å². The molecule has 1 aliphatic heterocycles. The summed E-state index contributed by atoms with van der Waals surface area (Å²) < 4.78 is 6.44. The summed E-state index contributed by atoms with van der Waals surface area (Å²) in [7, 11) is 1.85. The molecule has 0 N–H and O–H groups in total. The minimum absolute atomic E-state index is 0.222. The predicted octanol–water partition coefficient (Wildman–Crippen LogP) is 3.15. The number of rotatable bonds is 2. The molecular formula is C16H22BrN3O2. The lowest BCUT2D eigenvalue weighted by Crippen LogP contribution is -2.39. The van der Waals surface area contributed by atoms with E-state index in [9.17, 15) is 4.79 Å². The molecule has 2 fully saturated rings. The Hall–Kier alpha value is -1.30. The zero-order chi connectivity index (χ0) is 16.1. The number of hydrogen-bond acceptors (Lipinski definition) is 4. The molecule has 5 nitrogen and oxygen atoms in total. The standard InChI is InChI=1S/C16H22BrN3O2/c1-16(2,3)22-15(21)19(4)14-11-8-20(9-12(11)14)13-6-5-10(17)7-18-13/h5-7,11-12,14H,8-9H2,1-4H3/t11-,12+,14?. The Kier molecular flexibility index (Phi) is 3.83. The molecule has 120 valence electrons. The van der Waals surface area contributed by atoms with Crippen LogP contribution in [0.25, 0.3) is 0 Å². The molecule has 0 bridgehead atoms. The number of anilines is 1. The van der Waals surface area contributed by atoms with Crippen molar-refractivity contribution in [3.63, 3.8) is 0 Å². The van der Waals surface area contributed by atoms with Gasteiger partial charge in [-0.05, 0) is 48.8 Å². The molecule has 0 spiro atoms. The fourth-order valence-electron chi connectivity index (χ4n) is 3.27. The van der Waals surface area contributed by atoms with E-state index in [-0.39, 0.29) is 6.09 Å². The van der Waals surface area contributed by atoms with Crippen LogP contribution in [0.3, 0.4) is 0 Å². The van der Waals surface area contributed by atoms with Gasteiger partial charge in [0, 0.05) is 48.7 Å². The van der Waals surface area contributed by atoms with Crippen molar-refractivity contribution in [2.75, 3.05) is 25.0 Å².